The molecule has 0 radical (unpaired) electrons. The van der Waals surface area contributed by atoms with Crippen molar-refractivity contribution in [3.05, 3.63) is 23.1 Å². The van der Waals surface area contributed by atoms with E-state index in [1.54, 1.807) is 11.4 Å². The van der Waals surface area contributed by atoms with Gasteiger partial charge in [-0.15, -0.1) is 24.0 Å². The van der Waals surface area contributed by atoms with E-state index in [0.29, 0.717) is 20.7 Å². The molecule has 2 N–H and O–H groups in total. The van der Waals surface area contributed by atoms with Gasteiger partial charge in [-0.1, -0.05) is 6.07 Å². The number of thiophene rings is 1. The van der Waals surface area contributed by atoms with E-state index >= 15 is 0 Å². The Bertz CT molecular complexity index is 479. The van der Waals surface area contributed by atoms with Gasteiger partial charge in [0.05, 0.1) is 5.69 Å². The van der Waals surface area contributed by atoms with Gasteiger partial charge in [0.1, 0.15) is 0 Å². The lowest BCUT2D eigenvalue weighted by Crippen LogP contribution is -1.87. The normalized spacial score (nSPS) is 11.4. The lowest BCUT2D eigenvalue weighted by atomic mass is 10.1. The summed E-state index contributed by atoms with van der Waals surface area (Å²) >= 11 is 5.41. The average molecular weight is 231 g/mol. The highest BCUT2D eigenvalue weighted by Crippen LogP contribution is 2.38. The molecule has 0 aliphatic carbocycles. The van der Waals surface area contributed by atoms with Crippen molar-refractivity contribution in [1.29, 1.82) is 0 Å². The Labute approximate surface area is 88.9 Å². The van der Waals surface area contributed by atoms with Crippen LogP contribution >= 0.6 is 24.0 Å². The number of anilines is 1. The first-order chi connectivity index (χ1) is 6.61. The molecule has 5 heteroatoms. The van der Waals surface area contributed by atoms with Crippen LogP contribution in [0.3, 0.4) is 0 Å². The number of alkyl halides is 2. The van der Waals surface area contributed by atoms with Gasteiger partial charge in [-0.3, -0.25) is 0 Å². The lowest BCUT2D eigenvalue weighted by Gasteiger charge is -2.03. The number of nitrogens with two attached hydrogens (primary N) is 1. The Morgan fingerprint density at radius 3 is 2.71 bits per heavy atom. The number of benzene rings is 1. The molecule has 1 aromatic carbocycles. The summed E-state index contributed by atoms with van der Waals surface area (Å²) in [5.74, 6) is 0. The second-order valence-corrected chi connectivity index (χ2v) is 4.23. The van der Waals surface area contributed by atoms with E-state index in [0.717, 1.165) is 0 Å². The quantitative estimate of drug-likeness (QED) is 0.719. The summed E-state index contributed by atoms with van der Waals surface area (Å²) in [5, 5.41) is 2.30. The van der Waals surface area contributed by atoms with Crippen molar-refractivity contribution in [1.82, 2.24) is 0 Å². The fraction of sp³-hybridized carbons (Fsp3) is 0.111. The maximum atomic E-state index is 12.6. The summed E-state index contributed by atoms with van der Waals surface area (Å²) in [4.78, 5) is 0.642. The van der Waals surface area contributed by atoms with Crippen LogP contribution in [0.25, 0.3) is 10.1 Å². The van der Waals surface area contributed by atoms with Crippen LogP contribution in [0.5, 0.6) is 0 Å². The highest BCUT2D eigenvalue weighted by atomic mass is 32.1. The molecule has 0 unspecified atom stereocenters. The van der Waals surface area contributed by atoms with Gasteiger partial charge in [0.25, 0.3) is 6.43 Å². The minimum atomic E-state index is -2.47. The summed E-state index contributed by atoms with van der Waals surface area (Å²) in [6.07, 6.45) is -2.47. The average Bonchev–Trinajstić information content (AvgIpc) is 2.49. The molecule has 1 heterocycles. The van der Waals surface area contributed by atoms with Crippen molar-refractivity contribution in [2.24, 2.45) is 0 Å². The largest absolute Gasteiger partial charge is 0.398 e. The molecule has 0 amide bonds. The topological polar surface area (TPSA) is 26.0 Å². The number of nitrogen functional groups attached to an aromatic ring is 1. The van der Waals surface area contributed by atoms with Crippen LogP contribution in [0.4, 0.5) is 14.5 Å². The van der Waals surface area contributed by atoms with Crippen LogP contribution in [0.1, 0.15) is 12.0 Å². The van der Waals surface area contributed by atoms with E-state index in [2.05, 4.69) is 12.6 Å². The Balaban J connectivity index is 2.83. The molecule has 0 bridgehead atoms. The zero-order valence-electron chi connectivity index (χ0n) is 7.00. The predicted molar refractivity (Wildman–Crippen MR) is 58.4 cm³/mol. The van der Waals surface area contributed by atoms with Crippen LogP contribution in [-0.4, -0.2) is 0 Å². The smallest absolute Gasteiger partial charge is 0.265 e. The van der Waals surface area contributed by atoms with Crippen LogP contribution in [0.2, 0.25) is 0 Å². The van der Waals surface area contributed by atoms with Crippen LogP contribution in [-0.2, 0) is 0 Å². The predicted octanol–water partition coefficient (Wildman–Crippen LogP) is 3.71. The SMILES string of the molecule is Nc1csc2c(C(F)F)ccc(S)c12. The van der Waals surface area contributed by atoms with E-state index < -0.39 is 6.43 Å². The number of halogens is 2. The third-order valence-corrected chi connectivity index (χ3v) is 3.41. The van der Waals surface area contributed by atoms with Crippen molar-refractivity contribution in [2.45, 2.75) is 11.3 Å². The van der Waals surface area contributed by atoms with E-state index in [4.69, 9.17) is 5.73 Å². The Hall–Kier alpha value is -0.810. The maximum absolute atomic E-state index is 12.6. The van der Waals surface area contributed by atoms with E-state index in [1.165, 1.54) is 17.4 Å². The summed E-state index contributed by atoms with van der Waals surface area (Å²) in [6.45, 7) is 0. The Morgan fingerprint density at radius 1 is 1.36 bits per heavy atom. The first kappa shape index (κ1) is 9.73. The summed E-state index contributed by atoms with van der Waals surface area (Å²) in [6, 6.07) is 2.95. The van der Waals surface area contributed by atoms with Crippen LogP contribution < -0.4 is 5.73 Å². The molecule has 0 fully saturated rings. The third-order valence-electron chi connectivity index (χ3n) is 1.99. The van der Waals surface area contributed by atoms with Crippen molar-refractivity contribution in [3.63, 3.8) is 0 Å². The second kappa shape index (κ2) is 3.40. The molecule has 1 aromatic heterocycles. The highest BCUT2D eigenvalue weighted by Gasteiger charge is 2.15. The van der Waals surface area contributed by atoms with Gasteiger partial charge in [0.2, 0.25) is 0 Å². The van der Waals surface area contributed by atoms with Gasteiger partial charge in [-0.2, -0.15) is 0 Å². The Kier molecular flexibility index (Phi) is 2.36. The van der Waals surface area contributed by atoms with E-state index in [1.807, 2.05) is 0 Å². The van der Waals surface area contributed by atoms with Crippen molar-refractivity contribution in [2.75, 3.05) is 5.73 Å². The minimum absolute atomic E-state index is 0.0273. The summed E-state index contributed by atoms with van der Waals surface area (Å²) < 4.78 is 25.7. The monoisotopic (exact) mass is 231 g/mol. The number of thiol groups is 1. The highest BCUT2D eigenvalue weighted by molar-refractivity contribution is 7.80. The molecule has 0 saturated heterocycles. The number of hydrogen-bond donors (Lipinski definition) is 2. The summed E-state index contributed by atoms with van der Waals surface area (Å²) in [7, 11) is 0. The molecule has 74 valence electrons. The van der Waals surface area contributed by atoms with Crippen molar-refractivity contribution >= 4 is 39.7 Å². The third kappa shape index (κ3) is 1.36. The van der Waals surface area contributed by atoms with Gasteiger partial charge in [-0.25, -0.2) is 8.78 Å². The number of hydrogen-bond acceptors (Lipinski definition) is 3. The lowest BCUT2D eigenvalue weighted by molar-refractivity contribution is 0.153. The maximum Gasteiger partial charge on any atom is 0.265 e. The van der Waals surface area contributed by atoms with E-state index in [-0.39, 0.29) is 5.56 Å². The van der Waals surface area contributed by atoms with Crippen LogP contribution in [0.15, 0.2) is 22.4 Å². The van der Waals surface area contributed by atoms with Crippen LogP contribution in [0, 0.1) is 0 Å². The standard InChI is InChI=1S/C9H7F2NS2/c10-9(11)4-1-2-6(13)7-5(12)3-14-8(4)7/h1-3,9,13H,12H2. The number of rotatable bonds is 1. The van der Waals surface area contributed by atoms with Gasteiger partial charge >= 0.3 is 0 Å². The molecule has 0 aliphatic rings. The fourth-order valence-electron chi connectivity index (χ4n) is 1.35. The first-order valence-corrected chi connectivity index (χ1v) is 5.20. The van der Waals surface area contributed by atoms with Gasteiger partial charge in [0.15, 0.2) is 0 Å². The molecule has 1 nitrogen and oxygen atoms in total. The molecular weight excluding hydrogens is 224 g/mol. The second-order valence-electron chi connectivity index (χ2n) is 2.87. The van der Waals surface area contributed by atoms with Gasteiger partial charge in [0, 0.05) is 25.9 Å². The zero-order valence-corrected chi connectivity index (χ0v) is 8.71. The van der Waals surface area contributed by atoms with Gasteiger partial charge in [-0.05, 0) is 6.07 Å². The molecule has 2 aromatic rings. The van der Waals surface area contributed by atoms with Crippen molar-refractivity contribution in [3.8, 4) is 0 Å². The Morgan fingerprint density at radius 2 is 2.07 bits per heavy atom. The fourth-order valence-corrected chi connectivity index (χ4v) is 2.74. The summed E-state index contributed by atoms with van der Waals surface area (Å²) in [5.41, 5.74) is 6.20. The molecular formula is C9H7F2NS2. The zero-order chi connectivity index (χ0) is 10.3. The molecule has 14 heavy (non-hydrogen) atoms. The molecule has 0 saturated carbocycles. The molecule has 0 atom stereocenters. The molecule has 0 spiro atoms. The van der Waals surface area contributed by atoms with Gasteiger partial charge < -0.3 is 5.73 Å². The first-order valence-electron chi connectivity index (χ1n) is 3.88. The number of fused-ring (bicyclic) bond motifs is 1. The molecule has 2 rings (SSSR count). The van der Waals surface area contributed by atoms with E-state index in [9.17, 15) is 8.78 Å². The molecule has 0 aliphatic heterocycles. The van der Waals surface area contributed by atoms with Crippen molar-refractivity contribution < 1.29 is 8.78 Å². The minimum Gasteiger partial charge on any atom is -0.398 e.